The molecule has 2 heterocycles. The SMILES string of the molecule is O=C(N1CCCCCC1C1CCNCC1)C(F)(F)C(F)F. The van der Waals surface area contributed by atoms with Gasteiger partial charge in [0.2, 0.25) is 0 Å². The summed E-state index contributed by atoms with van der Waals surface area (Å²) >= 11 is 0. The van der Waals surface area contributed by atoms with Gasteiger partial charge in [0.15, 0.2) is 0 Å². The molecule has 3 nitrogen and oxygen atoms in total. The second kappa shape index (κ2) is 6.94. The van der Waals surface area contributed by atoms with Gasteiger partial charge in [-0.15, -0.1) is 0 Å². The third-order valence-corrected chi connectivity index (χ3v) is 4.55. The van der Waals surface area contributed by atoms with Crippen LogP contribution < -0.4 is 5.32 Å². The molecule has 122 valence electrons. The molecule has 0 aromatic heterocycles. The van der Waals surface area contributed by atoms with E-state index in [-0.39, 0.29) is 18.5 Å². The molecule has 2 rings (SSSR count). The Morgan fingerprint density at radius 3 is 2.38 bits per heavy atom. The highest BCUT2D eigenvalue weighted by atomic mass is 19.3. The summed E-state index contributed by atoms with van der Waals surface area (Å²) in [6.45, 7) is 1.73. The monoisotopic (exact) mass is 310 g/mol. The van der Waals surface area contributed by atoms with Crippen LogP contribution in [0.1, 0.15) is 38.5 Å². The molecule has 1 N–H and O–H groups in total. The predicted octanol–water partition coefficient (Wildman–Crippen LogP) is 2.66. The molecule has 0 aliphatic carbocycles. The highest BCUT2D eigenvalue weighted by molar-refractivity contribution is 5.84. The normalized spacial score (nSPS) is 26.0. The van der Waals surface area contributed by atoms with Gasteiger partial charge in [0.1, 0.15) is 0 Å². The number of rotatable bonds is 3. The van der Waals surface area contributed by atoms with Gasteiger partial charge < -0.3 is 10.2 Å². The summed E-state index contributed by atoms with van der Waals surface area (Å²) in [7, 11) is 0. The van der Waals surface area contributed by atoms with Gasteiger partial charge >= 0.3 is 12.3 Å². The number of nitrogens with one attached hydrogen (secondary N) is 1. The minimum absolute atomic E-state index is 0.127. The summed E-state index contributed by atoms with van der Waals surface area (Å²) in [5.74, 6) is -6.14. The van der Waals surface area contributed by atoms with Crippen LogP contribution in [-0.2, 0) is 4.79 Å². The largest absolute Gasteiger partial charge is 0.383 e. The highest BCUT2D eigenvalue weighted by Gasteiger charge is 2.52. The Labute approximate surface area is 122 Å². The molecule has 2 saturated heterocycles. The maximum absolute atomic E-state index is 13.4. The average Bonchev–Trinajstić information content (AvgIpc) is 2.72. The lowest BCUT2D eigenvalue weighted by Gasteiger charge is -2.39. The van der Waals surface area contributed by atoms with E-state index in [0.29, 0.717) is 12.8 Å². The zero-order chi connectivity index (χ0) is 15.5. The van der Waals surface area contributed by atoms with Gasteiger partial charge in [-0.2, -0.15) is 8.78 Å². The van der Waals surface area contributed by atoms with Crippen molar-refractivity contribution in [2.24, 2.45) is 5.92 Å². The van der Waals surface area contributed by atoms with Crippen LogP contribution in [0.3, 0.4) is 0 Å². The van der Waals surface area contributed by atoms with Gasteiger partial charge in [0.25, 0.3) is 5.91 Å². The number of alkyl halides is 4. The number of hydrogen-bond donors (Lipinski definition) is 1. The molecule has 0 bridgehead atoms. The van der Waals surface area contributed by atoms with E-state index in [1.54, 1.807) is 0 Å². The number of piperidine rings is 1. The van der Waals surface area contributed by atoms with Crippen LogP contribution >= 0.6 is 0 Å². The molecule has 0 spiro atoms. The second-order valence-corrected chi connectivity index (χ2v) is 5.93. The van der Waals surface area contributed by atoms with E-state index in [1.807, 2.05) is 0 Å². The molecular weight excluding hydrogens is 288 g/mol. The molecule has 0 radical (unpaired) electrons. The van der Waals surface area contributed by atoms with Crippen molar-refractivity contribution in [2.45, 2.75) is 56.9 Å². The first-order chi connectivity index (χ1) is 9.94. The van der Waals surface area contributed by atoms with Crippen molar-refractivity contribution >= 4 is 5.91 Å². The van der Waals surface area contributed by atoms with E-state index in [9.17, 15) is 22.4 Å². The Morgan fingerprint density at radius 2 is 1.76 bits per heavy atom. The smallest absolute Gasteiger partial charge is 0.334 e. The molecule has 0 aromatic carbocycles. The van der Waals surface area contributed by atoms with Crippen molar-refractivity contribution in [1.82, 2.24) is 10.2 Å². The fourth-order valence-electron chi connectivity index (χ4n) is 3.39. The van der Waals surface area contributed by atoms with Crippen molar-refractivity contribution in [3.8, 4) is 0 Å². The summed E-state index contributed by atoms with van der Waals surface area (Å²) in [4.78, 5) is 13.0. The van der Waals surface area contributed by atoms with Gasteiger partial charge in [0.05, 0.1) is 0 Å². The van der Waals surface area contributed by atoms with E-state index >= 15 is 0 Å². The molecule has 2 fully saturated rings. The van der Waals surface area contributed by atoms with Gasteiger partial charge in [-0.05, 0) is 44.7 Å². The van der Waals surface area contributed by atoms with Gasteiger partial charge in [0, 0.05) is 12.6 Å². The third kappa shape index (κ3) is 3.67. The fraction of sp³-hybridized carbons (Fsp3) is 0.929. The lowest BCUT2D eigenvalue weighted by atomic mass is 9.86. The van der Waals surface area contributed by atoms with Crippen molar-refractivity contribution < 1.29 is 22.4 Å². The molecule has 7 heteroatoms. The quantitative estimate of drug-likeness (QED) is 0.813. The molecule has 0 aromatic rings. The van der Waals surface area contributed by atoms with Gasteiger partial charge in [-0.25, -0.2) is 8.78 Å². The van der Waals surface area contributed by atoms with Crippen molar-refractivity contribution in [3.63, 3.8) is 0 Å². The Hall–Kier alpha value is -0.850. The summed E-state index contributed by atoms with van der Waals surface area (Å²) < 4.78 is 51.9. The van der Waals surface area contributed by atoms with Crippen molar-refractivity contribution in [3.05, 3.63) is 0 Å². The molecule has 2 aliphatic rings. The standard InChI is InChI=1S/C14H22F4N2O/c15-12(16)14(17,18)13(21)20-9-3-1-2-4-11(20)10-5-7-19-8-6-10/h10-12,19H,1-9H2. The zero-order valence-electron chi connectivity index (χ0n) is 12.0. The molecule has 1 unspecified atom stereocenters. The molecule has 21 heavy (non-hydrogen) atoms. The number of carbonyl (C=O) groups excluding carboxylic acids is 1. The summed E-state index contributed by atoms with van der Waals surface area (Å²) in [5.41, 5.74) is 0. The number of hydrogen-bond acceptors (Lipinski definition) is 2. The zero-order valence-corrected chi connectivity index (χ0v) is 12.0. The first kappa shape index (κ1) is 16.5. The first-order valence-corrected chi connectivity index (χ1v) is 7.62. The maximum atomic E-state index is 13.4. The van der Waals surface area contributed by atoms with E-state index in [1.165, 1.54) is 0 Å². The van der Waals surface area contributed by atoms with E-state index in [4.69, 9.17) is 0 Å². The molecule has 1 atom stereocenters. The minimum Gasteiger partial charge on any atom is -0.334 e. The first-order valence-electron chi connectivity index (χ1n) is 7.62. The highest BCUT2D eigenvalue weighted by Crippen LogP contribution is 2.33. The molecule has 0 saturated carbocycles. The van der Waals surface area contributed by atoms with Crippen molar-refractivity contribution in [2.75, 3.05) is 19.6 Å². The lowest BCUT2D eigenvalue weighted by Crippen LogP contribution is -2.54. The molecule has 2 aliphatic heterocycles. The van der Waals surface area contributed by atoms with E-state index < -0.39 is 18.3 Å². The van der Waals surface area contributed by atoms with E-state index in [2.05, 4.69) is 5.32 Å². The third-order valence-electron chi connectivity index (χ3n) is 4.55. The van der Waals surface area contributed by atoms with Crippen LogP contribution in [0.2, 0.25) is 0 Å². The maximum Gasteiger partial charge on any atom is 0.383 e. The minimum atomic E-state index is -4.57. The number of carbonyl (C=O) groups is 1. The Morgan fingerprint density at radius 1 is 1.10 bits per heavy atom. The van der Waals surface area contributed by atoms with Crippen LogP contribution in [0.5, 0.6) is 0 Å². The topological polar surface area (TPSA) is 32.3 Å². The number of halogens is 4. The number of likely N-dealkylation sites (tertiary alicyclic amines) is 1. The van der Waals surface area contributed by atoms with Gasteiger partial charge in [-0.1, -0.05) is 12.8 Å². The summed E-state index contributed by atoms with van der Waals surface area (Å²) in [5, 5.41) is 3.19. The predicted molar refractivity (Wildman–Crippen MR) is 70.5 cm³/mol. The van der Waals surface area contributed by atoms with Crippen LogP contribution in [0.4, 0.5) is 17.6 Å². The summed E-state index contributed by atoms with van der Waals surface area (Å²) in [6, 6.07) is -0.327. The van der Waals surface area contributed by atoms with E-state index in [0.717, 1.165) is 43.7 Å². The lowest BCUT2D eigenvalue weighted by molar-refractivity contribution is -0.184. The number of nitrogens with zero attached hydrogens (tertiary/aromatic N) is 1. The fourth-order valence-corrected chi connectivity index (χ4v) is 3.39. The summed E-state index contributed by atoms with van der Waals surface area (Å²) in [6.07, 6.45) is 0.609. The number of amides is 1. The average molecular weight is 310 g/mol. The molecule has 1 amide bonds. The Balaban J connectivity index is 2.17. The second-order valence-electron chi connectivity index (χ2n) is 5.93. The Kier molecular flexibility index (Phi) is 5.46. The Bertz CT molecular complexity index is 359. The van der Waals surface area contributed by atoms with Crippen LogP contribution in [0.15, 0.2) is 0 Å². The van der Waals surface area contributed by atoms with Crippen LogP contribution in [-0.4, -0.2) is 48.8 Å². The molecular formula is C14H22F4N2O. The van der Waals surface area contributed by atoms with Crippen LogP contribution in [0.25, 0.3) is 0 Å². The van der Waals surface area contributed by atoms with Crippen molar-refractivity contribution in [1.29, 1.82) is 0 Å². The van der Waals surface area contributed by atoms with Crippen LogP contribution in [0, 0.1) is 5.92 Å². The van der Waals surface area contributed by atoms with Gasteiger partial charge in [-0.3, -0.25) is 4.79 Å².